The fourth-order valence-corrected chi connectivity index (χ4v) is 2.32. The van der Waals surface area contributed by atoms with Gasteiger partial charge in [-0.1, -0.05) is 16.8 Å². The third-order valence-corrected chi connectivity index (χ3v) is 3.14. The summed E-state index contributed by atoms with van der Waals surface area (Å²) in [7, 11) is 0. The van der Waals surface area contributed by atoms with Crippen LogP contribution in [0.25, 0.3) is 5.69 Å². The average Bonchev–Trinajstić information content (AvgIpc) is 2.65. The molecule has 1 aromatic carbocycles. The Morgan fingerprint density at radius 1 is 1.40 bits per heavy atom. The Hall–Kier alpha value is -0.330. The number of aromatic nitrogens is 3. The van der Waals surface area contributed by atoms with Gasteiger partial charge in [0.15, 0.2) is 0 Å². The molecule has 78 valence electrons. The van der Waals surface area contributed by atoms with Crippen molar-refractivity contribution in [2.24, 2.45) is 0 Å². The highest BCUT2D eigenvalue weighted by molar-refractivity contribution is 14.1. The van der Waals surface area contributed by atoms with Gasteiger partial charge >= 0.3 is 0 Å². The van der Waals surface area contributed by atoms with Crippen molar-refractivity contribution in [3.05, 3.63) is 38.7 Å². The molecule has 0 saturated heterocycles. The maximum Gasteiger partial charge on any atom is 0.0854 e. The number of alkyl halides is 1. The van der Waals surface area contributed by atoms with E-state index in [1.54, 1.807) is 10.9 Å². The first-order chi connectivity index (χ1) is 7.22. The summed E-state index contributed by atoms with van der Waals surface area (Å²) in [6.45, 7) is 0. The highest BCUT2D eigenvalue weighted by atomic mass is 127. The van der Waals surface area contributed by atoms with Gasteiger partial charge in [0, 0.05) is 3.57 Å². The fraction of sp³-hybridized carbons (Fsp3) is 0.111. The summed E-state index contributed by atoms with van der Waals surface area (Å²) in [6.07, 6.45) is 1.63. The Morgan fingerprint density at radius 2 is 2.20 bits per heavy atom. The molecule has 0 aliphatic rings. The molecule has 0 atom stereocenters. The van der Waals surface area contributed by atoms with Gasteiger partial charge in [-0.15, -0.1) is 16.7 Å². The van der Waals surface area contributed by atoms with Crippen molar-refractivity contribution in [3.63, 3.8) is 0 Å². The minimum absolute atomic E-state index is 0.356. The number of hydrogen-bond donors (Lipinski definition) is 0. The van der Waals surface area contributed by atoms with E-state index in [0.717, 1.165) is 15.0 Å². The van der Waals surface area contributed by atoms with Gasteiger partial charge in [0.25, 0.3) is 0 Å². The van der Waals surface area contributed by atoms with E-state index < -0.39 is 0 Å². The molecule has 1 heterocycles. The summed E-state index contributed by atoms with van der Waals surface area (Å²) in [6, 6.07) is 5.73. The van der Waals surface area contributed by atoms with Crippen molar-refractivity contribution in [3.8, 4) is 5.69 Å². The lowest BCUT2D eigenvalue weighted by atomic mass is 10.3. The van der Waals surface area contributed by atoms with Gasteiger partial charge in [-0.3, -0.25) is 0 Å². The number of rotatable bonds is 2. The van der Waals surface area contributed by atoms with Gasteiger partial charge < -0.3 is 0 Å². The van der Waals surface area contributed by atoms with E-state index >= 15 is 0 Å². The lowest BCUT2D eigenvalue weighted by molar-refractivity contribution is 0.781. The second-order valence-corrected chi connectivity index (χ2v) is 4.79. The molecule has 6 heteroatoms. The summed E-state index contributed by atoms with van der Waals surface area (Å²) in [4.78, 5) is 0. The van der Waals surface area contributed by atoms with Crippen LogP contribution in [-0.4, -0.2) is 15.0 Å². The molecule has 0 N–H and O–H groups in total. The Labute approximate surface area is 111 Å². The van der Waals surface area contributed by atoms with Crippen LogP contribution >= 0.6 is 45.8 Å². The molecule has 1 aromatic heterocycles. The largest absolute Gasteiger partial charge is 0.215 e. The van der Waals surface area contributed by atoms with Crippen LogP contribution in [-0.2, 0) is 5.88 Å². The predicted molar refractivity (Wildman–Crippen MR) is 68.6 cm³/mol. The average molecular weight is 354 g/mol. The van der Waals surface area contributed by atoms with Crippen molar-refractivity contribution in [1.29, 1.82) is 0 Å². The van der Waals surface area contributed by atoms with Gasteiger partial charge in [0.2, 0.25) is 0 Å². The van der Waals surface area contributed by atoms with Crippen molar-refractivity contribution in [1.82, 2.24) is 15.0 Å². The molecule has 0 aliphatic heterocycles. The van der Waals surface area contributed by atoms with E-state index in [2.05, 4.69) is 32.9 Å². The Morgan fingerprint density at radius 3 is 2.87 bits per heavy atom. The quantitative estimate of drug-likeness (QED) is 0.612. The first-order valence-corrected chi connectivity index (χ1v) is 6.12. The predicted octanol–water partition coefficient (Wildman–Crippen LogP) is 3.26. The molecule has 0 spiro atoms. The second kappa shape index (κ2) is 4.67. The molecule has 0 saturated carbocycles. The first-order valence-electron chi connectivity index (χ1n) is 4.13. The fourth-order valence-electron chi connectivity index (χ4n) is 1.20. The van der Waals surface area contributed by atoms with Gasteiger partial charge in [0.05, 0.1) is 28.5 Å². The Balaban J connectivity index is 2.54. The topological polar surface area (TPSA) is 30.7 Å². The molecule has 0 radical (unpaired) electrons. The van der Waals surface area contributed by atoms with E-state index in [9.17, 15) is 0 Å². The Bertz CT molecular complexity index is 484. The number of nitrogens with zero attached hydrogens (tertiary/aromatic N) is 3. The van der Waals surface area contributed by atoms with Gasteiger partial charge in [0.1, 0.15) is 0 Å². The zero-order valence-corrected chi connectivity index (χ0v) is 11.2. The van der Waals surface area contributed by atoms with Crippen molar-refractivity contribution < 1.29 is 0 Å². The van der Waals surface area contributed by atoms with Gasteiger partial charge in [-0.25, -0.2) is 4.68 Å². The maximum absolute atomic E-state index is 6.11. The lowest BCUT2D eigenvalue weighted by Crippen LogP contribution is -2.01. The van der Waals surface area contributed by atoms with Crippen LogP contribution < -0.4 is 0 Å². The Kier molecular flexibility index (Phi) is 3.48. The zero-order valence-electron chi connectivity index (χ0n) is 7.49. The minimum Gasteiger partial charge on any atom is -0.215 e. The first kappa shape index (κ1) is 11.2. The smallest absolute Gasteiger partial charge is 0.0854 e. The van der Waals surface area contributed by atoms with Crippen LogP contribution in [0.1, 0.15) is 5.69 Å². The standard InChI is InChI=1S/C9H6Cl2IN3/c10-4-7-5-13-14-15(7)9-2-1-6(12)3-8(9)11/h1-3,5H,4H2. The van der Waals surface area contributed by atoms with E-state index in [0.29, 0.717) is 10.9 Å². The van der Waals surface area contributed by atoms with Crippen LogP contribution in [0, 0.1) is 3.57 Å². The van der Waals surface area contributed by atoms with Gasteiger partial charge in [-0.2, -0.15) is 0 Å². The number of halogens is 3. The van der Waals surface area contributed by atoms with Crippen molar-refractivity contribution >= 4 is 45.8 Å². The SMILES string of the molecule is ClCc1cnnn1-c1ccc(I)cc1Cl. The summed E-state index contributed by atoms with van der Waals surface area (Å²) in [5.74, 6) is 0.356. The van der Waals surface area contributed by atoms with E-state index in [1.807, 2.05) is 18.2 Å². The van der Waals surface area contributed by atoms with Gasteiger partial charge in [-0.05, 0) is 40.8 Å². The molecule has 0 aliphatic carbocycles. The maximum atomic E-state index is 6.11. The molecule has 0 bridgehead atoms. The third kappa shape index (κ3) is 2.26. The molecule has 0 fully saturated rings. The van der Waals surface area contributed by atoms with Crippen LogP contribution in [0.15, 0.2) is 24.4 Å². The van der Waals surface area contributed by atoms with Crippen molar-refractivity contribution in [2.45, 2.75) is 5.88 Å². The van der Waals surface area contributed by atoms with Crippen molar-refractivity contribution in [2.75, 3.05) is 0 Å². The summed E-state index contributed by atoms with van der Waals surface area (Å²) >= 11 is 14.1. The third-order valence-electron chi connectivity index (χ3n) is 1.89. The highest BCUT2D eigenvalue weighted by Gasteiger charge is 2.08. The molecule has 2 aromatic rings. The van der Waals surface area contributed by atoms with Crippen LogP contribution in [0.4, 0.5) is 0 Å². The molecule has 2 rings (SSSR count). The molecular weight excluding hydrogens is 348 g/mol. The molecule has 0 amide bonds. The molecular formula is C9H6Cl2IN3. The molecule has 15 heavy (non-hydrogen) atoms. The number of benzene rings is 1. The second-order valence-electron chi connectivity index (χ2n) is 2.87. The van der Waals surface area contributed by atoms with Crippen LogP contribution in [0.2, 0.25) is 5.02 Å². The van der Waals surface area contributed by atoms with Crippen LogP contribution in [0.5, 0.6) is 0 Å². The minimum atomic E-state index is 0.356. The summed E-state index contributed by atoms with van der Waals surface area (Å²) in [5.41, 5.74) is 1.62. The summed E-state index contributed by atoms with van der Waals surface area (Å²) in [5, 5.41) is 8.38. The van der Waals surface area contributed by atoms with E-state index in [-0.39, 0.29) is 0 Å². The number of hydrogen-bond acceptors (Lipinski definition) is 2. The monoisotopic (exact) mass is 353 g/mol. The normalized spacial score (nSPS) is 10.6. The van der Waals surface area contributed by atoms with E-state index in [1.165, 1.54) is 0 Å². The summed E-state index contributed by atoms with van der Waals surface area (Å²) < 4.78 is 2.72. The highest BCUT2D eigenvalue weighted by Crippen LogP contribution is 2.23. The molecule has 3 nitrogen and oxygen atoms in total. The molecule has 0 unspecified atom stereocenters. The zero-order chi connectivity index (χ0) is 10.8. The van der Waals surface area contributed by atoms with E-state index in [4.69, 9.17) is 23.2 Å². The lowest BCUT2D eigenvalue weighted by Gasteiger charge is -2.06. The van der Waals surface area contributed by atoms with Crippen LogP contribution in [0.3, 0.4) is 0 Å².